The van der Waals surface area contributed by atoms with Gasteiger partial charge >= 0.3 is 11.9 Å². The fourth-order valence-corrected chi connectivity index (χ4v) is 2.90. The summed E-state index contributed by atoms with van der Waals surface area (Å²) in [5, 5.41) is 0. The number of esters is 2. The number of rotatable bonds is 16. The Labute approximate surface area is 155 Å². The average molecular weight is 357 g/mol. The molecule has 25 heavy (non-hydrogen) atoms. The molecule has 0 aromatic rings. The third-order valence-electron chi connectivity index (χ3n) is 4.95. The molecule has 0 N–H and O–H groups in total. The minimum Gasteiger partial charge on any atom is -0.465 e. The average Bonchev–Trinajstić information content (AvgIpc) is 2.62. The summed E-state index contributed by atoms with van der Waals surface area (Å²) in [6.07, 6.45) is 12.2. The SMILES string of the molecule is CCCCCCCCCCOC(=O)C(CC)(CC)C(=O)OCCCC. The summed E-state index contributed by atoms with van der Waals surface area (Å²) in [5.74, 6) is -0.839. The highest BCUT2D eigenvalue weighted by molar-refractivity contribution is 5.99. The van der Waals surface area contributed by atoms with E-state index < -0.39 is 17.4 Å². The van der Waals surface area contributed by atoms with Gasteiger partial charge in [0.1, 0.15) is 0 Å². The van der Waals surface area contributed by atoms with Gasteiger partial charge in [0.15, 0.2) is 5.41 Å². The third-order valence-corrected chi connectivity index (χ3v) is 4.95. The number of ether oxygens (including phenoxy) is 2. The van der Waals surface area contributed by atoms with Gasteiger partial charge in [-0.05, 0) is 25.7 Å². The van der Waals surface area contributed by atoms with Gasteiger partial charge in [-0.25, -0.2) is 0 Å². The van der Waals surface area contributed by atoms with Crippen LogP contribution in [0.15, 0.2) is 0 Å². The van der Waals surface area contributed by atoms with Crippen LogP contribution < -0.4 is 0 Å². The number of unbranched alkanes of at least 4 members (excludes halogenated alkanes) is 8. The van der Waals surface area contributed by atoms with Crippen LogP contribution in [0, 0.1) is 5.41 Å². The lowest BCUT2D eigenvalue weighted by atomic mass is 9.82. The normalized spacial score (nSPS) is 11.4. The molecule has 0 fully saturated rings. The summed E-state index contributed by atoms with van der Waals surface area (Å²) in [7, 11) is 0. The molecule has 0 aliphatic carbocycles. The molecule has 4 heteroatoms. The minimum atomic E-state index is -1.13. The second kappa shape index (κ2) is 15.2. The maximum absolute atomic E-state index is 12.5. The Balaban J connectivity index is 4.13. The van der Waals surface area contributed by atoms with E-state index in [1.165, 1.54) is 38.5 Å². The Kier molecular flexibility index (Phi) is 14.6. The van der Waals surface area contributed by atoms with Crippen molar-refractivity contribution in [3.05, 3.63) is 0 Å². The van der Waals surface area contributed by atoms with E-state index in [9.17, 15) is 9.59 Å². The molecule has 0 saturated heterocycles. The number of carbonyl (C=O) groups is 2. The molecule has 148 valence electrons. The highest BCUT2D eigenvalue weighted by Crippen LogP contribution is 2.30. The van der Waals surface area contributed by atoms with Crippen LogP contribution in [0.1, 0.15) is 105 Å². The van der Waals surface area contributed by atoms with Crippen LogP contribution in [0.25, 0.3) is 0 Å². The second-order valence-corrected chi connectivity index (χ2v) is 6.89. The molecule has 0 aliphatic heterocycles. The first-order valence-corrected chi connectivity index (χ1v) is 10.4. The van der Waals surface area contributed by atoms with Gasteiger partial charge in [0, 0.05) is 0 Å². The van der Waals surface area contributed by atoms with Crippen molar-refractivity contribution >= 4 is 11.9 Å². The van der Waals surface area contributed by atoms with Crippen molar-refractivity contribution in [3.8, 4) is 0 Å². The van der Waals surface area contributed by atoms with Gasteiger partial charge in [0.05, 0.1) is 13.2 Å². The second-order valence-electron chi connectivity index (χ2n) is 6.89. The standard InChI is InChI=1S/C21H40O4/c1-5-9-11-12-13-14-15-16-18-25-20(23)21(7-3,8-4)19(22)24-17-10-6-2/h5-18H2,1-4H3. The maximum atomic E-state index is 12.5. The zero-order chi connectivity index (χ0) is 19.0. The Morgan fingerprint density at radius 2 is 1.00 bits per heavy atom. The molecule has 0 amide bonds. The molecule has 0 unspecified atom stereocenters. The van der Waals surface area contributed by atoms with E-state index in [0.29, 0.717) is 26.1 Å². The summed E-state index contributed by atoms with van der Waals surface area (Å²) in [4.78, 5) is 24.9. The molecule has 0 rings (SSSR count). The van der Waals surface area contributed by atoms with Crippen molar-refractivity contribution < 1.29 is 19.1 Å². The third kappa shape index (κ3) is 9.27. The molecule has 0 aromatic heterocycles. The smallest absolute Gasteiger partial charge is 0.323 e. The van der Waals surface area contributed by atoms with E-state index >= 15 is 0 Å². The van der Waals surface area contributed by atoms with E-state index in [0.717, 1.165) is 25.7 Å². The number of carbonyl (C=O) groups excluding carboxylic acids is 2. The molecule has 0 aromatic carbocycles. The van der Waals surface area contributed by atoms with E-state index in [4.69, 9.17) is 9.47 Å². The monoisotopic (exact) mass is 356 g/mol. The van der Waals surface area contributed by atoms with Crippen LogP contribution >= 0.6 is 0 Å². The van der Waals surface area contributed by atoms with Crippen LogP contribution in [0.4, 0.5) is 0 Å². The molecular formula is C21H40O4. The number of hydrogen-bond acceptors (Lipinski definition) is 4. The molecule has 0 aliphatic rings. The summed E-state index contributed by atoms with van der Waals surface area (Å²) < 4.78 is 10.7. The summed E-state index contributed by atoms with van der Waals surface area (Å²) >= 11 is 0. The Bertz CT molecular complexity index is 348. The minimum absolute atomic E-state index is 0.377. The van der Waals surface area contributed by atoms with Gasteiger partial charge in [0.25, 0.3) is 0 Å². The summed E-state index contributed by atoms with van der Waals surface area (Å²) in [5.41, 5.74) is -1.13. The van der Waals surface area contributed by atoms with Crippen molar-refractivity contribution in [2.75, 3.05) is 13.2 Å². The van der Waals surface area contributed by atoms with Crippen LogP contribution in [0.3, 0.4) is 0 Å². The summed E-state index contributed by atoms with van der Waals surface area (Å²) in [6.45, 7) is 8.74. The van der Waals surface area contributed by atoms with Gasteiger partial charge in [-0.1, -0.05) is 79.1 Å². The van der Waals surface area contributed by atoms with Crippen molar-refractivity contribution in [1.82, 2.24) is 0 Å². The van der Waals surface area contributed by atoms with E-state index in [1.54, 1.807) is 0 Å². The van der Waals surface area contributed by atoms with Crippen LogP contribution in [0.2, 0.25) is 0 Å². The van der Waals surface area contributed by atoms with Crippen LogP contribution in [-0.2, 0) is 19.1 Å². The zero-order valence-electron chi connectivity index (χ0n) is 17.0. The molecule has 0 spiro atoms. The first-order valence-electron chi connectivity index (χ1n) is 10.4. The van der Waals surface area contributed by atoms with Crippen molar-refractivity contribution in [2.24, 2.45) is 5.41 Å². The largest absolute Gasteiger partial charge is 0.465 e. The molecule has 0 radical (unpaired) electrons. The molecule has 0 atom stereocenters. The fraction of sp³-hybridized carbons (Fsp3) is 0.905. The molecule has 0 saturated carbocycles. The van der Waals surface area contributed by atoms with E-state index in [1.807, 2.05) is 20.8 Å². The molecule has 4 nitrogen and oxygen atoms in total. The van der Waals surface area contributed by atoms with Gasteiger partial charge in [0.2, 0.25) is 0 Å². The zero-order valence-corrected chi connectivity index (χ0v) is 17.0. The molecular weight excluding hydrogens is 316 g/mol. The highest BCUT2D eigenvalue weighted by Gasteiger charge is 2.45. The van der Waals surface area contributed by atoms with Crippen molar-refractivity contribution in [1.29, 1.82) is 0 Å². The topological polar surface area (TPSA) is 52.6 Å². The Morgan fingerprint density at radius 1 is 0.600 bits per heavy atom. The first-order chi connectivity index (χ1) is 12.1. The van der Waals surface area contributed by atoms with Crippen molar-refractivity contribution in [2.45, 2.75) is 105 Å². The fourth-order valence-electron chi connectivity index (χ4n) is 2.90. The van der Waals surface area contributed by atoms with E-state index in [-0.39, 0.29) is 0 Å². The van der Waals surface area contributed by atoms with Gasteiger partial charge in [-0.15, -0.1) is 0 Å². The van der Waals surface area contributed by atoms with Crippen molar-refractivity contribution in [3.63, 3.8) is 0 Å². The van der Waals surface area contributed by atoms with E-state index in [2.05, 4.69) is 6.92 Å². The van der Waals surface area contributed by atoms with Gasteiger partial charge in [-0.3, -0.25) is 9.59 Å². The summed E-state index contributed by atoms with van der Waals surface area (Å²) in [6, 6.07) is 0. The predicted molar refractivity (Wildman–Crippen MR) is 102 cm³/mol. The van der Waals surface area contributed by atoms with Gasteiger partial charge < -0.3 is 9.47 Å². The molecule has 0 heterocycles. The lowest BCUT2D eigenvalue weighted by Crippen LogP contribution is -2.41. The lowest BCUT2D eigenvalue weighted by molar-refractivity contribution is -0.173. The Morgan fingerprint density at radius 3 is 1.44 bits per heavy atom. The molecule has 0 bridgehead atoms. The lowest BCUT2D eigenvalue weighted by Gasteiger charge is -2.26. The number of hydrogen-bond donors (Lipinski definition) is 0. The van der Waals surface area contributed by atoms with Crippen LogP contribution in [0.5, 0.6) is 0 Å². The van der Waals surface area contributed by atoms with Crippen LogP contribution in [-0.4, -0.2) is 25.2 Å². The highest BCUT2D eigenvalue weighted by atomic mass is 16.6. The maximum Gasteiger partial charge on any atom is 0.323 e. The Hall–Kier alpha value is -1.06. The van der Waals surface area contributed by atoms with Gasteiger partial charge in [-0.2, -0.15) is 0 Å². The predicted octanol–water partition coefficient (Wildman–Crippen LogP) is 5.82. The first kappa shape index (κ1) is 23.9. The quantitative estimate of drug-likeness (QED) is 0.199.